The molecule has 33 heavy (non-hydrogen) atoms. The second-order valence-electron chi connectivity index (χ2n) is 8.68. The summed E-state index contributed by atoms with van der Waals surface area (Å²) in [6.07, 6.45) is 1.67. The molecule has 2 aliphatic rings. The van der Waals surface area contributed by atoms with Gasteiger partial charge in [-0.3, -0.25) is 9.59 Å². The zero-order chi connectivity index (χ0) is 23.4. The topological polar surface area (TPSA) is 89.2 Å². The molecule has 1 amide bonds. The van der Waals surface area contributed by atoms with E-state index < -0.39 is 6.04 Å². The van der Waals surface area contributed by atoms with Gasteiger partial charge in [0.15, 0.2) is 16.9 Å². The van der Waals surface area contributed by atoms with Gasteiger partial charge in [0.2, 0.25) is 5.76 Å². The van der Waals surface area contributed by atoms with Crippen LogP contribution in [-0.4, -0.2) is 42.3 Å². The minimum atomic E-state index is -0.691. The van der Waals surface area contributed by atoms with Crippen LogP contribution in [0, 0.1) is 13.8 Å². The number of aryl methyl sites for hydroxylation is 2. The van der Waals surface area contributed by atoms with Crippen molar-refractivity contribution in [1.82, 2.24) is 4.90 Å². The average molecular weight is 514 g/mol. The molecule has 7 nitrogen and oxygen atoms in total. The molecule has 1 aromatic heterocycles. The Morgan fingerprint density at radius 1 is 1.21 bits per heavy atom. The fourth-order valence-corrected chi connectivity index (χ4v) is 5.42. The Bertz CT molecular complexity index is 1340. The second-order valence-corrected chi connectivity index (χ2v) is 9.53. The van der Waals surface area contributed by atoms with Crippen LogP contribution >= 0.6 is 15.9 Å². The fourth-order valence-electron chi connectivity index (χ4n) is 4.96. The third-order valence-corrected chi connectivity index (χ3v) is 7.03. The Morgan fingerprint density at radius 3 is 2.70 bits per heavy atom. The predicted octanol–water partition coefficient (Wildman–Crippen LogP) is 4.61. The van der Waals surface area contributed by atoms with Crippen molar-refractivity contribution in [1.29, 1.82) is 0 Å². The highest BCUT2D eigenvalue weighted by atomic mass is 79.9. The lowest BCUT2D eigenvalue weighted by Crippen LogP contribution is -2.36. The first-order valence-corrected chi connectivity index (χ1v) is 11.7. The van der Waals surface area contributed by atoms with Gasteiger partial charge in [0.25, 0.3) is 5.91 Å². The van der Waals surface area contributed by atoms with E-state index in [1.165, 1.54) is 7.11 Å². The van der Waals surface area contributed by atoms with Crippen LogP contribution in [0.15, 0.2) is 37.9 Å². The maximum absolute atomic E-state index is 13.8. The summed E-state index contributed by atoms with van der Waals surface area (Å²) in [4.78, 5) is 29.0. The molecule has 0 radical (unpaired) electrons. The van der Waals surface area contributed by atoms with Crippen molar-refractivity contribution in [3.8, 4) is 11.5 Å². The summed E-state index contributed by atoms with van der Waals surface area (Å²) in [6, 6.07) is 6.39. The molecule has 2 unspecified atom stereocenters. The minimum Gasteiger partial charge on any atom is -0.503 e. The maximum Gasteiger partial charge on any atom is 0.291 e. The van der Waals surface area contributed by atoms with Gasteiger partial charge < -0.3 is 23.9 Å². The number of phenolic OH excluding ortho intramolecular Hbond substituents is 1. The molecule has 1 fully saturated rings. The number of carbonyl (C=O) groups excluding carboxylic acids is 1. The number of ether oxygens (including phenoxy) is 2. The largest absolute Gasteiger partial charge is 0.503 e. The van der Waals surface area contributed by atoms with Crippen LogP contribution in [0.1, 0.15) is 51.7 Å². The normalized spacial score (nSPS) is 20.0. The van der Waals surface area contributed by atoms with E-state index in [2.05, 4.69) is 15.9 Å². The number of benzene rings is 2. The summed E-state index contributed by atoms with van der Waals surface area (Å²) in [5, 5.41) is 10.8. The molecule has 1 saturated heterocycles. The number of hydrogen-bond acceptors (Lipinski definition) is 6. The minimum absolute atomic E-state index is 0.0478. The molecule has 3 aromatic rings. The summed E-state index contributed by atoms with van der Waals surface area (Å²) in [5.41, 5.74) is 2.88. The fraction of sp³-hybridized carbons (Fsp3) is 0.360. The number of methoxy groups -OCH3 is 1. The Balaban J connectivity index is 1.76. The lowest BCUT2D eigenvalue weighted by Gasteiger charge is -2.28. The number of fused-ring (bicyclic) bond motifs is 2. The van der Waals surface area contributed by atoms with E-state index in [0.717, 1.165) is 24.0 Å². The van der Waals surface area contributed by atoms with Crippen LogP contribution in [0.2, 0.25) is 0 Å². The van der Waals surface area contributed by atoms with E-state index in [9.17, 15) is 14.7 Å². The monoisotopic (exact) mass is 513 g/mol. The number of hydrogen-bond donors (Lipinski definition) is 1. The molecular formula is C25H24BrNO6. The molecule has 3 heterocycles. The van der Waals surface area contributed by atoms with Crippen molar-refractivity contribution in [2.45, 2.75) is 38.8 Å². The number of amides is 1. The zero-order valence-electron chi connectivity index (χ0n) is 18.6. The lowest BCUT2D eigenvalue weighted by atomic mass is 9.96. The Morgan fingerprint density at radius 2 is 2.00 bits per heavy atom. The van der Waals surface area contributed by atoms with Gasteiger partial charge in [-0.2, -0.15) is 0 Å². The summed E-state index contributed by atoms with van der Waals surface area (Å²) in [6.45, 7) is 4.79. The quantitative estimate of drug-likeness (QED) is 0.547. The van der Waals surface area contributed by atoms with E-state index in [4.69, 9.17) is 13.9 Å². The lowest BCUT2D eigenvalue weighted by molar-refractivity contribution is 0.0486. The Labute approximate surface area is 199 Å². The van der Waals surface area contributed by atoms with Crippen LogP contribution in [0.4, 0.5) is 0 Å². The smallest absolute Gasteiger partial charge is 0.291 e. The molecule has 0 spiro atoms. The van der Waals surface area contributed by atoms with Gasteiger partial charge in [-0.05, 0) is 77.5 Å². The van der Waals surface area contributed by atoms with Crippen molar-refractivity contribution in [2.24, 2.45) is 0 Å². The van der Waals surface area contributed by atoms with Crippen molar-refractivity contribution >= 4 is 32.8 Å². The standard InChI is InChI=1S/C25H24BrNO6/c1-12-7-13(2)19-17(8-12)33-24-20(23(19)29)21(14-9-16(26)22(28)18(10-14)31-3)27(25(24)30)11-15-5-4-6-32-15/h7-10,15,21,28H,4-6,11H2,1-3H3. The number of carbonyl (C=O) groups is 1. The van der Waals surface area contributed by atoms with Crippen LogP contribution in [-0.2, 0) is 4.74 Å². The first kappa shape index (κ1) is 22.0. The number of aromatic hydroxyl groups is 1. The molecule has 2 aromatic carbocycles. The van der Waals surface area contributed by atoms with Gasteiger partial charge in [-0.1, -0.05) is 6.07 Å². The Kier molecular flexibility index (Phi) is 5.45. The number of nitrogens with zero attached hydrogens (tertiary/aromatic N) is 1. The van der Waals surface area contributed by atoms with E-state index in [-0.39, 0.29) is 34.7 Å². The molecule has 5 rings (SSSR count). The maximum atomic E-state index is 13.8. The highest BCUT2D eigenvalue weighted by Crippen LogP contribution is 2.44. The highest BCUT2D eigenvalue weighted by molar-refractivity contribution is 9.10. The summed E-state index contributed by atoms with van der Waals surface area (Å²) in [5.74, 6) is -0.0850. The van der Waals surface area contributed by atoms with Crippen LogP contribution in [0.3, 0.4) is 0 Å². The van der Waals surface area contributed by atoms with Gasteiger partial charge in [0.05, 0.1) is 34.7 Å². The van der Waals surface area contributed by atoms with E-state index in [0.29, 0.717) is 39.7 Å². The van der Waals surface area contributed by atoms with E-state index in [1.54, 1.807) is 23.1 Å². The summed E-state index contributed by atoms with van der Waals surface area (Å²) >= 11 is 3.37. The highest BCUT2D eigenvalue weighted by Gasteiger charge is 2.44. The Hall–Kier alpha value is -2.84. The third kappa shape index (κ3) is 3.52. The molecule has 172 valence electrons. The van der Waals surface area contributed by atoms with Crippen molar-refractivity contribution in [3.63, 3.8) is 0 Å². The average Bonchev–Trinajstić information content (AvgIpc) is 3.37. The van der Waals surface area contributed by atoms with Crippen molar-refractivity contribution in [2.75, 3.05) is 20.3 Å². The van der Waals surface area contributed by atoms with Crippen molar-refractivity contribution < 1.29 is 23.8 Å². The number of halogens is 1. The van der Waals surface area contributed by atoms with Crippen LogP contribution in [0.5, 0.6) is 11.5 Å². The van der Waals surface area contributed by atoms with Crippen molar-refractivity contribution in [3.05, 3.63) is 67.0 Å². The number of rotatable bonds is 4. The predicted molar refractivity (Wildman–Crippen MR) is 126 cm³/mol. The molecule has 8 heteroatoms. The van der Waals surface area contributed by atoms with Gasteiger partial charge in [0.1, 0.15) is 5.58 Å². The first-order chi connectivity index (χ1) is 15.8. The second kappa shape index (κ2) is 8.18. The van der Waals surface area contributed by atoms with Crippen LogP contribution in [0.25, 0.3) is 11.0 Å². The molecule has 0 aliphatic carbocycles. The molecule has 2 atom stereocenters. The van der Waals surface area contributed by atoms with E-state index >= 15 is 0 Å². The summed E-state index contributed by atoms with van der Waals surface area (Å²) < 4.78 is 17.6. The number of phenols is 1. The van der Waals surface area contributed by atoms with Gasteiger partial charge in [0, 0.05) is 13.2 Å². The van der Waals surface area contributed by atoms with E-state index in [1.807, 2.05) is 19.9 Å². The van der Waals surface area contributed by atoms with Crippen LogP contribution < -0.4 is 10.2 Å². The first-order valence-electron chi connectivity index (χ1n) is 10.9. The summed E-state index contributed by atoms with van der Waals surface area (Å²) in [7, 11) is 1.46. The van der Waals surface area contributed by atoms with Gasteiger partial charge in [-0.15, -0.1) is 0 Å². The SMILES string of the molecule is COc1cc(C2c3c(oc4cc(C)cc(C)c4c3=O)C(=O)N2CC2CCCO2)cc(Br)c1O. The molecular weight excluding hydrogens is 490 g/mol. The zero-order valence-corrected chi connectivity index (χ0v) is 20.2. The molecule has 0 bridgehead atoms. The van der Waals surface area contributed by atoms with Gasteiger partial charge >= 0.3 is 0 Å². The molecule has 1 N–H and O–H groups in total. The third-order valence-electron chi connectivity index (χ3n) is 6.42. The molecule has 0 saturated carbocycles. The molecule has 2 aliphatic heterocycles. The van der Waals surface area contributed by atoms with Gasteiger partial charge in [-0.25, -0.2) is 0 Å².